The van der Waals surface area contributed by atoms with Gasteiger partial charge in [-0.25, -0.2) is 0 Å². The number of nitrogens with zero attached hydrogens (tertiary/aromatic N) is 1. The molecular weight excluding hydrogens is 809 g/mol. The smallest absolute Gasteiger partial charge is 0.0726 e. The van der Waals surface area contributed by atoms with E-state index < -0.39 is 5.41 Å². The van der Waals surface area contributed by atoms with E-state index in [0.29, 0.717) is 0 Å². The molecule has 4 aliphatic rings. The van der Waals surface area contributed by atoms with Gasteiger partial charge in [0.25, 0.3) is 0 Å². The van der Waals surface area contributed by atoms with Crippen molar-refractivity contribution in [2.24, 2.45) is 0 Å². The highest BCUT2D eigenvalue weighted by Gasteiger charge is 2.53. The highest BCUT2D eigenvalue weighted by molar-refractivity contribution is 6.16. The second kappa shape index (κ2) is 12.4. The van der Waals surface area contributed by atoms with Crippen LogP contribution < -0.4 is 0 Å². The molecule has 12 aromatic rings. The molecule has 0 aliphatic heterocycles. The van der Waals surface area contributed by atoms with Crippen LogP contribution >= 0.6 is 0 Å². The summed E-state index contributed by atoms with van der Waals surface area (Å²) in [5.41, 5.74) is 30.1. The van der Waals surface area contributed by atoms with Gasteiger partial charge in [-0.1, -0.05) is 166 Å². The molecule has 67 heavy (non-hydrogen) atoms. The van der Waals surface area contributed by atoms with Crippen molar-refractivity contribution >= 4 is 43.6 Å². The molecule has 1 N–H and O–H groups in total. The van der Waals surface area contributed by atoms with E-state index >= 15 is 0 Å². The first-order chi connectivity index (χ1) is 33.0. The summed E-state index contributed by atoms with van der Waals surface area (Å²) in [5.74, 6) is 0. The van der Waals surface area contributed by atoms with Gasteiger partial charge in [-0.2, -0.15) is 0 Å². The summed E-state index contributed by atoms with van der Waals surface area (Å²) in [7, 11) is 0. The van der Waals surface area contributed by atoms with Crippen molar-refractivity contribution in [3.05, 3.63) is 245 Å². The number of hydrogen-bond acceptors (Lipinski definition) is 0. The lowest BCUT2D eigenvalue weighted by Gasteiger charge is -2.30. The average molecular weight is 851 g/mol. The molecule has 0 radical (unpaired) electrons. The Bertz CT molecular complexity index is 4210. The lowest BCUT2D eigenvalue weighted by atomic mass is 9.70. The average Bonchev–Trinajstić information content (AvgIpc) is 4.20. The molecule has 0 bridgehead atoms. The number of H-pyrrole nitrogens is 1. The minimum Gasteiger partial charge on any atom is -0.354 e. The highest BCUT2D eigenvalue weighted by Crippen LogP contribution is 2.65. The Morgan fingerprint density at radius 3 is 1.90 bits per heavy atom. The molecule has 16 rings (SSSR count). The number of benzene rings is 10. The first-order valence-corrected chi connectivity index (χ1v) is 23.8. The molecule has 1 unspecified atom stereocenters. The van der Waals surface area contributed by atoms with Crippen LogP contribution in [0.4, 0.5) is 0 Å². The van der Waals surface area contributed by atoms with Gasteiger partial charge in [-0.15, -0.1) is 0 Å². The predicted molar refractivity (Wildman–Crippen MR) is 278 cm³/mol. The monoisotopic (exact) mass is 850 g/mol. The van der Waals surface area contributed by atoms with Gasteiger partial charge >= 0.3 is 0 Å². The summed E-state index contributed by atoms with van der Waals surface area (Å²) < 4.78 is 2.47. The van der Waals surface area contributed by atoms with E-state index in [4.69, 9.17) is 0 Å². The van der Waals surface area contributed by atoms with Crippen LogP contribution in [0.2, 0.25) is 0 Å². The van der Waals surface area contributed by atoms with Crippen LogP contribution in [0, 0.1) is 0 Å². The molecule has 312 valence electrons. The molecule has 10 aromatic carbocycles. The van der Waals surface area contributed by atoms with Crippen molar-refractivity contribution in [2.75, 3.05) is 0 Å². The lowest BCUT2D eigenvalue weighted by molar-refractivity contribution is 0.661. The molecule has 2 aromatic heterocycles. The molecule has 4 aliphatic carbocycles. The summed E-state index contributed by atoms with van der Waals surface area (Å²) in [5, 5.41) is 5.14. The van der Waals surface area contributed by atoms with E-state index in [9.17, 15) is 0 Å². The standard InChI is InChI=1S/C65H42N2/c1-64(2)52-20-10-6-16-42(52)48-35-50-49-33-38(26-31-59(49)67(60(50)36-57(48)64)40-14-4-3-5-15-40)37-24-25-39-34-51-41(47(39)32-37)27-29-55-61(51)45-18-7-11-21-53(45)65(55)54-22-12-8-19-46(54)62-56(65)30-28-44-43-17-9-13-23-58(43)66-63(44)62/h3-33,35-36,66H,34H2,1-2H3. The van der Waals surface area contributed by atoms with Gasteiger partial charge in [0, 0.05) is 43.7 Å². The van der Waals surface area contributed by atoms with Crippen LogP contribution in [0.3, 0.4) is 0 Å². The van der Waals surface area contributed by atoms with Crippen LogP contribution in [-0.2, 0) is 17.3 Å². The van der Waals surface area contributed by atoms with E-state index in [1.807, 2.05) is 0 Å². The fourth-order valence-corrected chi connectivity index (χ4v) is 13.7. The maximum atomic E-state index is 3.89. The van der Waals surface area contributed by atoms with Gasteiger partial charge < -0.3 is 9.55 Å². The van der Waals surface area contributed by atoms with Gasteiger partial charge in [-0.05, 0) is 150 Å². The minimum absolute atomic E-state index is 0.0798. The molecule has 2 nitrogen and oxygen atoms in total. The fraction of sp³-hybridized carbons (Fsp3) is 0.0769. The van der Waals surface area contributed by atoms with Gasteiger partial charge in [0.2, 0.25) is 0 Å². The molecule has 0 saturated carbocycles. The SMILES string of the molecule is CC1(C)c2ccccc2-c2cc3c4cc(-c5ccc6c(c5)-c5ccc7c(c5C6)-c5ccccc5C75c6ccccc6-c6c5ccc5c6[nH]c6ccccc65)ccc4n(-c4ccccc4)c3cc21. The molecule has 1 atom stereocenters. The second-order valence-corrected chi connectivity index (χ2v) is 20.0. The number of aromatic amines is 1. The molecule has 0 fully saturated rings. The van der Waals surface area contributed by atoms with Crippen LogP contribution in [0.15, 0.2) is 200 Å². The normalized spacial score (nSPS) is 16.3. The second-order valence-electron chi connectivity index (χ2n) is 20.0. The summed E-state index contributed by atoms with van der Waals surface area (Å²) in [6.07, 6.45) is 0.917. The van der Waals surface area contributed by atoms with Crippen molar-refractivity contribution < 1.29 is 0 Å². The molecular formula is C65H42N2. The van der Waals surface area contributed by atoms with Gasteiger partial charge in [0.15, 0.2) is 0 Å². The number of para-hydroxylation sites is 2. The largest absolute Gasteiger partial charge is 0.354 e. The maximum absolute atomic E-state index is 3.89. The Hall–Kier alpha value is -8.20. The fourth-order valence-electron chi connectivity index (χ4n) is 13.7. The third-order valence-electron chi connectivity index (χ3n) is 16.6. The van der Waals surface area contributed by atoms with E-state index in [2.05, 4.69) is 224 Å². The van der Waals surface area contributed by atoms with E-state index in [-0.39, 0.29) is 5.41 Å². The molecule has 2 heteroatoms. The molecule has 0 saturated heterocycles. The van der Waals surface area contributed by atoms with Crippen LogP contribution in [0.1, 0.15) is 58.4 Å². The van der Waals surface area contributed by atoms with Crippen LogP contribution in [0.5, 0.6) is 0 Å². The Morgan fingerprint density at radius 1 is 0.403 bits per heavy atom. The number of rotatable bonds is 2. The quantitative estimate of drug-likeness (QED) is 0.179. The third-order valence-corrected chi connectivity index (χ3v) is 16.6. The highest BCUT2D eigenvalue weighted by atomic mass is 15.0. The number of hydrogen-bond donors (Lipinski definition) is 1. The Morgan fingerprint density at radius 2 is 1.06 bits per heavy atom. The van der Waals surface area contributed by atoms with E-state index in [0.717, 1.165) is 6.42 Å². The minimum atomic E-state index is -0.412. The van der Waals surface area contributed by atoms with E-state index in [1.54, 1.807) is 0 Å². The van der Waals surface area contributed by atoms with Gasteiger partial charge in [0.1, 0.15) is 0 Å². The lowest BCUT2D eigenvalue weighted by Crippen LogP contribution is -2.25. The first kappa shape index (κ1) is 36.1. The van der Waals surface area contributed by atoms with Gasteiger partial charge in [0.05, 0.1) is 22.0 Å². The van der Waals surface area contributed by atoms with Crippen LogP contribution in [-0.4, -0.2) is 9.55 Å². The predicted octanol–water partition coefficient (Wildman–Crippen LogP) is 16.3. The maximum Gasteiger partial charge on any atom is 0.0726 e. The van der Waals surface area contributed by atoms with Crippen molar-refractivity contribution in [1.29, 1.82) is 0 Å². The summed E-state index contributed by atoms with van der Waals surface area (Å²) in [4.78, 5) is 3.89. The Kier molecular flexibility index (Phi) is 6.66. The molecule has 2 heterocycles. The van der Waals surface area contributed by atoms with Crippen molar-refractivity contribution in [1.82, 2.24) is 9.55 Å². The summed E-state index contributed by atoms with van der Waals surface area (Å²) in [6.45, 7) is 4.76. The molecule has 1 spiro atoms. The van der Waals surface area contributed by atoms with Crippen molar-refractivity contribution in [3.63, 3.8) is 0 Å². The summed E-state index contributed by atoms with van der Waals surface area (Å²) >= 11 is 0. The Labute approximate surface area is 388 Å². The zero-order chi connectivity index (χ0) is 43.9. The first-order valence-electron chi connectivity index (χ1n) is 23.8. The van der Waals surface area contributed by atoms with E-state index in [1.165, 1.54) is 149 Å². The number of fused-ring (bicyclic) bond motifs is 24. The van der Waals surface area contributed by atoms with Gasteiger partial charge in [-0.3, -0.25) is 0 Å². The topological polar surface area (TPSA) is 20.7 Å². The van der Waals surface area contributed by atoms with Crippen molar-refractivity contribution in [3.8, 4) is 61.3 Å². The third kappa shape index (κ3) is 4.33. The number of aromatic nitrogens is 2. The molecule has 0 amide bonds. The number of nitrogens with one attached hydrogen (secondary N) is 1. The van der Waals surface area contributed by atoms with Crippen LogP contribution in [0.25, 0.3) is 105 Å². The van der Waals surface area contributed by atoms with Crippen molar-refractivity contribution in [2.45, 2.75) is 31.1 Å². The Balaban J connectivity index is 0.879. The summed E-state index contributed by atoms with van der Waals surface area (Å²) in [6, 6.07) is 76.2. The zero-order valence-corrected chi connectivity index (χ0v) is 37.2. The zero-order valence-electron chi connectivity index (χ0n) is 37.2.